The summed E-state index contributed by atoms with van der Waals surface area (Å²) in [5.41, 5.74) is 4.04. The van der Waals surface area contributed by atoms with Crippen LogP contribution in [-0.2, 0) is 23.9 Å². The van der Waals surface area contributed by atoms with Gasteiger partial charge in [-0.25, -0.2) is 0 Å². The smallest absolute Gasteiger partial charge is 0.383 e. The summed E-state index contributed by atoms with van der Waals surface area (Å²) in [4.78, 5) is 0. The SMILES string of the molecule is COCC(Cc1ccc(C)cc1)Nc1ccccc1NCc1cccc(C(F)(F)F)c1. The second-order valence-corrected chi connectivity index (χ2v) is 7.58. The normalized spacial score (nSPS) is 12.4. The molecule has 1 atom stereocenters. The van der Waals surface area contributed by atoms with Gasteiger partial charge in [-0.1, -0.05) is 54.1 Å². The molecule has 0 fully saturated rings. The van der Waals surface area contributed by atoms with Gasteiger partial charge in [0.15, 0.2) is 0 Å². The Morgan fingerprint density at radius 2 is 1.58 bits per heavy atom. The molecule has 2 N–H and O–H groups in total. The molecule has 31 heavy (non-hydrogen) atoms. The van der Waals surface area contributed by atoms with Gasteiger partial charge in [0.1, 0.15) is 0 Å². The second kappa shape index (κ2) is 10.4. The molecule has 3 nitrogen and oxygen atoms in total. The Labute approximate surface area is 181 Å². The molecule has 0 saturated heterocycles. The molecule has 3 aromatic carbocycles. The third-order valence-electron chi connectivity index (χ3n) is 4.99. The van der Waals surface area contributed by atoms with Crippen LogP contribution in [0.2, 0.25) is 0 Å². The molecule has 0 bridgehead atoms. The van der Waals surface area contributed by atoms with Crippen LogP contribution in [0.3, 0.4) is 0 Å². The Morgan fingerprint density at radius 1 is 0.871 bits per heavy atom. The summed E-state index contributed by atoms with van der Waals surface area (Å²) in [5.74, 6) is 0. The molecule has 0 aliphatic carbocycles. The van der Waals surface area contributed by atoms with E-state index >= 15 is 0 Å². The zero-order valence-corrected chi connectivity index (χ0v) is 17.7. The van der Waals surface area contributed by atoms with E-state index in [1.165, 1.54) is 23.3 Å². The molecule has 1 unspecified atom stereocenters. The van der Waals surface area contributed by atoms with Crippen molar-refractivity contribution < 1.29 is 17.9 Å². The van der Waals surface area contributed by atoms with Crippen LogP contribution in [0, 0.1) is 6.92 Å². The van der Waals surface area contributed by atoms with Gasteiger partial charge >= 0.3 is 6.18 Å². The maximum atomic E-state index is 13.0. The summed E-state index contributed by atoms with van der Waals surface area (Å²) in [6.45, 7) is 2.87. The number of ether oxygens (including phenoxy) is 1. The molecule has 0 amide bonds. The molecular weight excluding hydrogens is 401 g/mol. The largest absolute Gasteiger partial charge is 0.416 e. The Morgan fingerprint density at radius 3 is 2.26 bits per heavy atom. The second-order valence-electron chi connectivity index (χ2n) is 7.58. The van der Waals surface area contributed by atoms with Crippen LogP contribution in [0.15, 0.2) is 72.8 Å². The third-order valence-corrected chi connectivity index (χ3v) is 4.99. The number of alkyl halides is 3. The highest BCUT2D eigenvalue weighted by atomic mass is 19.4. The monoisotopic (exact) mass is 428 g/mol. The van der Waals surface area contributed by atoms with Crippen molar-refractivity contribution in [3.63, 3.8) is 0 Å². The summed E-state index contributed by atoms with van der Waals surface area (Å²) in [6.07, 6.45) is -3.56. The lowest BCUT2D eigenvalue weighted by atomic mass is 10.0. The average molecular weight is 428 g/mol. The first kappa shape index (κ1) is 22.7. The maximum absolute atomic E-state index is 13.0. The zero-order valence-electron chi connectivity index (χ0n) is 17.7. The van der Waals surface area contributed by atoms with E-state index in [2.05, 4.69) is 41.8 Å². The van der Waals surface area contributed by atoms with Crippen molar-refractivity contribution in [1.29, 1.82) is 0 Å². The van der Waals surface area contributed by atoms with E-state index < -0.39 is 11.7 Å². The average Bonchev–Trinajstić information content (AvgIpc) is 2.74. The summed E-state index contributed by atoms with van der Waals surface area (Å²) in [5, 5.41) is 6.77. The van der Waals surface area contributed by atoms with Gasteiger partial charge in [0.2, 0.25) is 0 Å². The number of para-hydroxylation sites is 2. The van der Waals surface area contributed by atoms with Crippen molar-refractivity contribution in [2.45, 2.75) is 32.1 Å². The van der Waals surface area contributed by atoms with Gasteiger partial charge in [0.25, 0.3) is 0 Å². The van der Waals surface area contributed by atoms with E-state index in [1.807, 2.05) is 24.3 Å². The molecular formula is C25H27F3N2O. The number of nitrogens with one attached hydrogen (secondary N) is 2. The molecule has 0 aliphatic rings. The summed E-state index contributed by atoms with van der Waals surface area (Å²) >= 11 is 0. The predicted octanol–water partition coefficient (Wildman–Crippen LogP) is 6.30. The number of methoxy groups -OCH3 is 1. The van der Waals surface area contributed by atoms with Gasteiger partial charge in [0.05, 0.1) is 29.6 Å². The minimum atomic E-state index is -4.35. The molecule has 0 heterocycles. The van der Waals surface area contributed by atoms with Crippen molar-refractivity contribution in [3.8, 4) is 0 Å². The van der Waals surface area contributed by atoms with Crippen LogP contribution in [-0.4, -0.2) is 19.8 Å². The maximum Gasteiger partial charge on any atom is 0.416 e. The van der Waals surface area contributed by atoms with Gasteiger partial charge in [-0.15, -0.1) is 0 Å². The van der Waals surface area contributed by atoms with Crippen LogP contribution < -0.4 is 10.6 Å². The topological polar surface area (TPSA) is 33.3 Å². The van der Waals surface area contributed by atoms with E-state index in [0.29, 0.717) is 12.2 Å². The van der Waals surface area contributed by atoms with E-state index in [9.17, 15) is 13.2 Å². The Bertz CT molecular complexity index is 971. The quantitative estimate of drug-likeness (QED) is 0.420. The minimum absolute atomic E-state index is 0.0456. The fourth-order valence-corrected chi connectivity index (χ4v) is 3.40. The van der Waals surface area contributed by atoms with Crippen LogP contribution >= 0.6 is 0 Å². The van der Waals surface area contributed by atoms with Crippen LogP contribution in [0.4, 0.5) is 24.5 Å². The lowest BCUT2D eigenvalue weighted by Crippen LogP contribution is -2.28. The van der Waals surface area contributed by atoms with Crippen LogP contribution in [0.5, 0.6) is 0 Å². The number of rotatable bonds is 9. The standard InChI is InChI=1S/C25H27F3N2O/c1-18-10-12-19(13-11-18)15-22(17-31-2)30-24-9-4-3-8-23(24)29-16-20-6-5-7-21(14-20)25(26,27)28/h3-14,22,29-30H,15-17H2,1-2H3. The highest BCUT2D eigenvalue weighted by Crippen LogP contribution is 2.30. The van der Waals surface area contributed by atoms with Gasteiger partial charge in [-0.2, -0.15) is 13.2 Å². The van der Waals surface area contributed by atoms with Crippen LogP contribution in [0.25, 0.3) is 0 Å². The van der Waals surface area contributed by atoms with Crippen molar-refractivity contribution in [2.24, 2.45) is 0 Å². The predicted molar refractivity (Wildman–Crippen MR) is 119 cm³/mol. The summed E-state index contributed by atoms with van der Waals surface area (Å²) in [6, 6.07) is 21.5. The molecule has 0 spiro atoms. The van der Waals surface area contributed by atoms with Crippen molar-refractivity contribution in [3.05, 3.63) is 95.1 Å². The van der Waals surface area contributed by atoms with Gasteiger partial charge in [-0.05, 0) is 48.7 Å². The zero-order chi connectivity index (χ0) is 22.3. The van der Waals surface area contributed by atoms with Gasteiger partial charge in [0, 0.05) is 13.7 Å². The molecule has 0 aliphatic heterocycles. The lowest BCUT2D eigenvalue weighted by Gasteiger charge is -2.22. The Hall–Kier alpha value is -2.99. The fraction of sp³-hybridized carbons (Fsp3) is 0.280. The Kier molecular flexibility index (Phi) is 7.58. The molecule has 3 aromatic rings. The van der Waals surface area contributed by atoms with Crippen molar-refractivity contribution in [2.75, 3.05) is 24.4 Å². The summed E-state index contributed by atoms with van der Waals surface area (Å²) in [7, 11) is 1.67. The first-order valence-electron chi connectivity index (χ1n) is 10.1. The number of benzene rings is 3. The first-order valence-corrected chi connectivity index (χ1v) is 10.1. The van der Waals surface area contributed by atoms with E-state index in [-0.39, 0.29) is 12.6 Å². The molecule has 6 heteroatoms. The van der Waals surface area contributed by atoms with Gasteiger partial charge < -0.3 is 15.4 Å². The Balaban J connectivity index is 1.70. The van der Waals surface area contributed by atoms with Gasteiger partial charge in [-0.3, -0.25) is 0 Å². The minimum Gasteiger partial charge on any atom is -0.383 e. The molecule has 0 aromatic heterocycles. The molecule has 0 saturated carbocycles. The fourth-order valence-electron chi connectivity index (χ4n) is 3.40. The summed E-state index contributed by atoms with van der Waals surface area (Å²) < 4.78 is 44.3. The van der Waals surface area contributed by atoms with Crippen molar-refractivity contribution >= 4 is 11.4 Å². The molecule has 3 rings (SSSR count). The molecule has 0 radical (unpaired) electrons. The van der Waals surface area contributed by atoms with Crippen LogP contribution in [0.1, 0.15) is 22.3 Å². The van der Waals surface area contributed by atoms with E-state index in [0.717, 1.165) is 23.9 Å². The first-order chi connectivity index (χ1) is 14.8. The number of hydrogen-bond acceptors (Lipinski definition) is 3. The third kappa shape index (κ3) is 6.76. The lowest BCUT2D eigenvalue weighted by molar-refractivity contribution is -0.137. The van der Waals surface area contributed by atoms with Crippen molar-refractivity contribution in [1.82, 2.24) is 0 Å². The number of halogens is 3. The number of anilines is 2. The highest BCUT2D eigenvalue weighted by molar-refractivity contribution is 5.69. The number of hydrogen-bond donors (Lipinski definition) is 2. The van der Waals surface area contributed by atoms with E-state index in [4.69, 9.17) is 4.74 Å². The molecule has 164 valence electrons. The highest BCUT2D eigenvalue weighted by Gasteiger charge is 2.30. The number of aryl methyl sites for hydroxylation is 1. The van der Waals surface area contributed by atoms with E-state index in [1.54, 1.807) is 13.2 Å².